The molecule has 4 N–H and O–H groups in total. The molecule has 1 rings (SSSR count). The first-order valence-corrected chi connectivity index (χ1v) is 4.54. The van der Waals surface area contributed by atoms with Gasteiger partial charge in [0.1, 0.15) is 0 Å². The normalized spacial score (nSPS) is 27.8. The second kappa shape index (κ2) is 4.43. The number of aliphatic hydroxyl groups is 1. The molecular formula is C8H17N3O2. The molecule has 1 heterocycles. The molecule has 0 aromatic heterocycles. The van der Waals surface area contributed by atoms with Crippen LogP contribution in [0.5, 0.6) is 0 Å². The lowest BCUT2D eigenvalue weighted by molar-refractivity contribution is 0.146. The van der Waals surface area contributed by atoms with E-state index in [1.807, 2.05) is 6.92 Å². The largest absolute Gasteiger partial charge is 0.409 e. The van der Waals surface area contributed by atoms with Gasteiger partial charge in [-0.15, -0.1) is 0 Å². The molecule has 0 bridgehead atoms. The fourth-order valence-corrected chi connectivity index (χ4v) is 1.82. The highest BCUT2D eigenvalue weighted by Gasteiger charge is 2.29. The molecule has 76 valence electrons. The van der Waals surface area contributed by atoms with Crippen LogP contribution in [-0.2, 0) is 0 Å². The van der Waals surface area contributed by atoms with Crippen LogP contribution in [0.4, 0.5) is 0 Å². The Hall–Kier alpha value is -0.810. The van der Waals surface area contributed by atoms with Crippen LogP contribution >= 0.6 is 0 Å². The van der Waals surface area contributed by atoms with Crippen molar-refractivity contribution in [1.82, 2.24) is 4.90 Å². The van der Waals surface area contributed by atoms with Crippen molar-refractivity contribution in [1.29, 1.82) is 0 Å². The smallest absolute Gasteiger partial charge is 0.156 e. The van der Waals surface area contributed by atoms with Gasteiger partial charge in [0.15, 0.2) is 5.84 Å². The van der Waals surface area contributed by atoms with Crippen LogP contribution in [0.2, 0.25) is 0 Å². The van der Waals surface area contributed by atoms with Crippen molar-refractivity contribution in [2.75, 3.05) is 13.2 Å². The van der Waals surface area contributed by atoms with Crippen LogP contribution in [0.1, 0.15) is 19.8 Å². The third kappa shape index (κ3) is 2.10. The second-order valence-electron chi connectivity index (χ2n) is 3.42. The standard InChI is InChI=1S/C8H17N3O2/c1-6(8(9)10-13)11-4-2-3-7(11)5-12/h6-7,12-13H,2-5H2,1H3,(H2,9,10)/t6?,7-/m0/s1. The number of amidine groups is 1. The van der Waals surface area contributed by atoms with Gasteiger partial charge < -0.3 is 16.0 Å². The quantitative estimate of drug-likeness (QED) is 0.242. The predicted octanol–water partition coefficient (Wildman–Crippen LogP) is -0.422. The number of likely N-dealkylation sites (tertiary alicyclic amines) is 1. The molecule has 0 aromatic rings. The number of oxime groups is 1. The second-order valence-corrected chi connectivity index (χ2v) is 3.42. The van der Waals surface area contributed by atoms with E-state index < -0.39 is 0 Å². The minimum absolute atomic E-state index is 0.0929. The van der Waals surface area contributed by atoms with Gasteiger partial charge in [-0.05, 0) is 26.3 Å². The van der Waals surface area contributed by atoms with E-state index in [4.69, 9.17) is 16.0 Å². The van der Waals surface area contributed by atoms with Gasteiger partial charge in [-0.1, -0.05) is 5.16 Å². The van der Waals surface area contributed by atoms with Gasteiger partial charge in [-0.3, -0.25) is 4.90 Å². The summed E-state index contributed by atoms with van der Waals surface area (Å²) in [7, 11) is 0. The lowest BCUT2D eigenvalue weighted by atomic mass is 10.2. The number of hydrogen-bond donors (Lipinski definition) is 3. The van der Waals surface area contributed by atoms with Gasteiger partial charge in [0.05, 0.1) is 12.6 Å². The summed E-state index contributed by atoms with van der Waals surface area (Å²) in [6.45, 7) is 2.93. The molecule has 0 saturated carbocycles. The Bertz CT molecular complexity index is 196. The Morgan fingerprint density at radius 1 is 1.77 bits per heavy atom. The van der Waals surface area contributed by atoms with E-state index in [0.717, 1.165) is 19.4 Å². The van der Waals surface area contributed by atoms with Crippen LogP contribution in [0.25, 0.3) is 0 Å². The molecule has 0 aliphatic carbocycles. The zero-order valence-electron chi connectivity index (χ0n) is 7.85. The fraction of sp³-hybridized carbons (Fsp3) is 0.875. The minimum Gasteiger partial charge on any atom is -0.409 e. The summed E-state index contributed by atoms with van der Waals surface area (Å²) in [6.07, 6.45) is 2.05. The molecule has 0 aromatic carbocycles. The van der Waals surface area contributed by atoms with Crippen molar-refractivity contribution in [3.05, 3.63) is 0 Å². The molecule has 1 aliphatic heterocycles. The molecule has 1 saturated heterocycles. The molecule has 1 fully saturated rings. The molecule has 1 aliphatic rings. The monoisotopic (exact) mass is 187 g/mol. The molecule has 1 unspecified atom stereocenters. The van der Waals surface area contributed by atoms with Crippen LogP contribution in [0.15, 0.2) is 5.16 Å². The molecule has 0 spiro atoms. The van der Waals surface area contributed by atoms with E-state index in [-0.39, 0.29) is 24.5 Å². The highest BCUT2D eigenvalue weighted by molar-refractivity contribution is 5.84. The highest BCUT2D eigenvalue weighted by atomic mass is 16.4. The summed E-state index contributed by atoms with van der Waals surface area (Å²) in [6, 6.07) is 0.0694. The van der Waals surface area contributed by atoms with Crippen LogP contribution in [-0.4, -0.2) is 46.3 Å². The van der Waals surface area contributed by atoms with Gasteiger partial charge in [-0.25, -0.2) is 0 Å². The first-order chi connectivity index (χ1) is 6.20. The van der Waals surface area contributed by atoms with Crippen molar-refractivity contribution in [2.45, 2.75) is 31.8 Å². The van der Waals surface area contributed by atoms with Crippen molar-refractivity contribution >= 4 is 5.84 Å². The summed E-state index contributed by atoms with van der Waals surface area (Å²) in [5.74, 6) is 0.209. The van der Waals surface area contributed by atoms with Crippen molar-refractivity contribution in [2.24, 2.45) is 10.9 Å². The van der Waals surface area contributed by atoms with Gasteiger partial charge >= 0.3 is 0 Å². The summed E-state index contributed by atoms with van der Waals surface area (Å²) in [5.41, 5.74) is 5.49. The van der Waals surface area contributed by atoms with E-state index in [1.54, 1.807) is 0 Å². The van der Waals surface area contributed by atoms with E-state index in [0.29, 0.717) is 0 Å². The van der Waals surface area contributed by atoms with Crippen LogP contribution < -0.4 is 5.73 Å². The number of aliphatic hydroxyl groups excluding tert-OH is 1. The van der Waals surface area contributed by atoms with Gasteiger partial charge in [0, 0.05) is 6.04 Å². The summed E-state index contributed by atoms with van der Waals surface area (Å²) in [4.78, 5) is 2.06. The summed E-state index contributed by atoms with van der Waals surface area (Å²) in [5, 5.41) is 20.5. The number of nitrogens with two attached hydrogens (primary N) is 1. The lowest BCUT2D eigenvalue weighted by Crippen LogP contribution is -2.46. The van der Waals surface area contributed by atoms with E-state index in [1.165, 1.54) is 0 Å². The first-order valence-electron chi connectivity index (χ1n) is 4.54. The van der Waals surface area contributed by atoms with Crippen molar-refractivity contribution in [3.63, 3.8) is 0 Å². The molecular weight excluding hydrogens is 170 g/mol. The van der Waals surface area contributed by atoms with Crippen LogP contribution in [0, 0.1) is 0 Å². The van der Waals surface area contributed by atoms with Gasteiger partial charge in [-0.2, -0.15) is 0 Å². The molecule has 13 heavy (non-hydrogen) atoms. The molecule has 5 heteroatoms. The average molecular weight is 187 g/mol. The Kier molecular flexibility index (Phi) is 3.50. The topological polar surface area (TPSA) is 82.1 Å². The molecule has 5 nitrogen and oxygen atoms in total. The SMILES string of the molecule is CC(/C(N)=N/O)N1CCC[C@H]1CO. The zero-order chi connectivity index (χ0) is 9.84. The maximum atomic E-state index is 9.05. The van der Waals surface area contributed by atoms with Crippen molar-refractivity contribution in [3.8, 4) is 0 Å². The lowest BCUT2D eigenvalue weighted by Gasteiger charge is -2.28. The predicted molar refractivity (Wildman–Crippen MR) is 49.7 cm³/mol. The van der Waals surface area contributed by atoms with Crippen molar-refractivity contribution < 1.29 is 10.3 Å². The van der Waals surface area contributed by atoms with Gasteiger partial charge in [0.25, 0.3) is 0 Å². The van der Waals surface area contributed by atoms with E-state index in [9.17, 15) is 0 Å². The Labute approximate surface area is 77.8 Å². The Morgan fingerprint density at radius 2 is 2.46 bits per heavy atom. The first kappa shape index (κ1) is 10.3. The van der Waals surface area contributed by atoms with Gasteiger partial charge in [0.2, 0.25) is 0 Å². The van der Waals surface area contributed by atoms with E-state index in [2.05, 4.69) is 10.1 Å². The molecule has 0 radical (unpaired) electrons. The number of hydrogen-bond acceptors (Lipinski definition) is 4. The van der Waals surface area contributed by atoms with Crippen LogP contribution in [0.3, 0.4) is 0 Å². The third-order valence-electron chi connectivity index (χ3n) is 2.67. The maximum Gasteiger partial charge on any atom is 0.156 e. The summed E-state index contributed by atoms with van der Waals surface area (Å²) >= 11 is 0. The molecule has 2 atom stereocenters. The highest BCUT2D eigenvalue weighted by Crippen LogP contribution is 2.19. The minimum atomic E-state index is -0.0929. The Morgan fingerprint density at radius 3 is 3.00 bits per heavy atom. The number of rotatable bonds is 3. The summed E-state index contributed by atoms with van der Waals surface area (Å²) < 4.78 is 0. The van der Waals surface area contributed by atoms with E-state index >= 15 is 0 Å². The number of nitrogens with zero attached hydrogens (tertiary/aromatic N) is 2. The third-order valence-corrected chi connectivity index (χ3v) is 2.67. The maximum absolute atomic E-state index is 9.05. The molecule has 0 amide bonds. The zero-order valence-corrected chi connectivity index (χ0v) is 7.85. The average Bonchev–Trinajstić information content (AvgIpc) is 2.62. The fourth-order valence-electron chi connectivity index (χ4n) is 1.82. The Balaban J connectivity index is 2.59.